The molecule has 0 saturated heterocycles. The average Bonchev–Trinajstić information content (AvgIpc) is 2.97. The van der Waals surface area contributed by atoms with E-state index in [1.54, 1.807) is 7.05 Å². The van der Waals surface area contributed by atoms with E-state index in [1.165, 1.54) is 22.2 Å². The standard InChI is InChI=1S/C11H15N3O3S2/c1-14-8-10(19(16,17)12-5-3-6-15)11(13-14)9-4-2-7-18-9/h2,4,7-8,12,15H,3,5-6H2,1H3. The van der Waals surface area contributed by atoms with Crippen LogP contribution in [0.25, 0.3) is 10.6 Å². The molecule has 19 heavy (non-hydrogen) atoms. The van der Waals surface area contributed by atoms with Crippen molar-refractivity contribution in [2.75, 3.05) is 13.2 Å². The van der Waals surface area contributed by atoms with E-state index in [1.807, 2.05) is 17.5 Å². The molecule has 0 spiro atoms. The predicted molar refractivity (Wildman–Crippen MR) is 73.4 cm³/mol. The van der Waals surface area contributed by atoms with Crippen molar-refractivity contribution in [1.82, 2.24) is 14.5 Å². The zero-order chi connectivity index (χ0) is 13.9. The van der Waals surface area contributed by atoms with Gasteiger partial charge in [0.05, 0.1) is 4.88 Å². The van der Waals surface area contributed by atoms with Gasteiger partial charge in [0, 0.05) is 26.4 Å². The van der Waals surface area contributed by atoms with Gasteiger partial charge >= 0.3 is 0 Å². The number of thiophene rings is 1. The SMILES string of the molecule is Cn1cc(S(=O)(=O)NCCCO)c(-c2cccs2)n1. The molecule has 0 bridgehead atoms. The molecule has 0 fully saturated rings. The lowest BCUT2D eigenvalue weighted by Gasteiger charge is -2.04. The van der Waals surface area contributed by atoms with E-state index in [-0.39, 0.29) is 18.0 Å². The number of hydrogen-bond acceptors (Lipinski definition) is 5. The Morgan fingerprint density at radius 3 is 2.95 bits per heavy atom. The Morgan fingerprint density at radius 1 is 1.53 bits per heavy atom. The Balaban J connectivity index is 2.34. The number of nitrogens with one attached hydrogen (secondary N) is 1. The molecular formula is C11H15N3O3S2. The summed E-state index contributed by atoms with van der Waals surface area (Å²) in [7, 11) is -1.92. The van der Waals surface area contributed by atoms with Crippen LogP contribution in [-0.4, -0.2) is 36.5 Å². The van der Waals surface area contributed by atoms with Crippen molar-refractivity contribution in [3.8, 4) is 10.6 Å². The number of aryl methyl sites for hydroxylation is 1. The Morgan fingerprint density at radius 2 is 2.32 bits per heavy atom. The number of rotatable bonds is 6. The molecule has 2 N–H and O–H groups in total. The molecule has 2 heterocycles. The van der Waals surface area contributed by atoms with Gasteiger partial charge in [0.15, 0.2) is 0 Å². The number of aliphatic hydroxyl groups is 1. The van der Waals surface area contributed by atoms with Crippen LogP contribution < -0.4 is 4.72 Å². The fraction of sp³-hybridized carbons (Fsp3) is 0.364. The fourth-order valence-corrected chi connectivity index (χ4v) is 3.66. The maximum absolute atomic E-state index is 12.2. The molecule has 0 amide bonds. The molecule has 8 heteroatoms. The third-order valence-electron chi connectivity index (χ3n) is 2.47. The second-order valence-corrected chi connectivity index (χ2v) is 6.65. The van der Waals surface area contributed by atoms with Crippen molar-refractivity contribution in [3.05, 3.63) is 23.7 Å². The molecule has 0 saturated carbocycles. The first-order valence-electron chi connectivity index (χ1n) is 5.72. The average molecular weight is 301 g/mol. The van der Waals surface area contributed by atoms with Crippen LogP contribution in [0, 0.1) is 0 Å². The number of sulfonamides is 1. The van der Waals surface area contributed by atoms with Gasteiger partial charge in [-0.15, -0.1) is 11.3 Å². The van der Waals surface area contributed by atoms with Gasteiger partial charge in [-0.25, -0.2) is 13.1 Å². The minimum absolute atomic E-state index is 0.0483. The van der Waals surface area contributed by atoms with Crippen LogP contribution >= 0.6 is 11.3 Å². The van der Waals surface area contributed by atoms with Gasteiger partial charge in [-0.1, -0.05) is 6.07 Å². The molecule has 0 atom stereocenters. The summed E-state index contributed by atoms with van der Waals surface area (Å²) in [5, 5.41) is 14.8. The molecule has 0 aromatic carbocycles. The number of hydrogen-bond donors (Lipinski definition) is 2. The lowest BCUT2D eigenvalue weighted by molar-refractivity contribution is 0.289. The van der Waals surface area contributed by atoms with Crippen LogP contribution in [0.3, 0.4) is 0 Å². The van der Waals surface area contributed by atoms with Crippen LogP contribution in [0.5, 0.6) is 0 Å². The minimum Gasteiger partial charge on any atom is -0.396 e. The number of nitrogens with zero attached hydrogens (tertiary/aromatic N) is 2. The first-order chi connectivity index (χ1) is 9.04. The van der Waals surface area contributed by atoms with Crippen molar-refractivity contribution >= 4 is 21.4 Å². The zero-order valence-electron chi connectivity index (χ0n) is 10.4. The highest BCUT2D eigenvalue weighted by atomic mass is 32.2. The predicted octanol–water partition coefficient (Wildman–Crippen LogP) is 0.809. The molecule has 6 nitrogen and oxygen atoms in total. The van der Waals surface area contributed by atoms with E-state index < -0.39 is 10.0 Å². The molecule has 0 aliphatic carbocycles. The van der Waals surface area contributed by atoms with Crippen molar-refractivity contribution in [2.45, 2.75) is 11.3 Å². The van der Waals surface area contributed by atoms with Crippen molar-refractivity contribution in [3.63, 3.8) is 0 Å². The van der Waals surface area contributed by atoms with E-state index in [4.69, 9.17) is 5.11 Å². The highest BCUT2D eigenvalue weighted by Crippen LogP contribution is 2.29. The van der Waals surface area contributed by atoms with E-state index in [2.05, 4.69) is 9.82 Å². The summed E-state index contributed by atoms with van der Waals surface area (Å²) in [6.45, 7) is 0.158. The Kier molecular flexibility index (Phi) is 4.35. The molecular weight excluding hydrogens is 286 g/mol. The smallest absolute Gasteiger partial charge is 0.244 e. The molecule has 104 valence electrons. The van der Waals surface area contributed by atoms with Crippen LogP contribution in [0.1, 0.15) is 6.42 Å². The van der Waals surface area contributed by atoms with Crippen LogP contribution in [0.2, 0.25) is 0 Å². The molecule has 0 radical (unpaired) electrons. The quantitative estimate of drug-likeness (QED) is 0.773. The molecule has 2 aromatic rings. The van der Waals surface area contributed by atoms with Crippen LogP contribution in [-0.2, 0) is 17.1 Å². The minimum atomic E-state index is -3.61. The van der Waals surface area contributed by atoms with Gasteiger partial charge in [-0.3, -0.25) is 4.68 Å². The Hall–Kier alpha value is -1.22. The van der Waals surface area contributed by atoms with E-state index in [0.29, 0.717) is 12.1 Å². The van der Waals surface area contributed by atoms with Gasteiger partial charge in [-0.2, -0.15) is 5.10 Å². The number of aliphatic hydroxyl groups excluding tert-OH is 1. The summed E-state index contributed by atoms with van der Waals surface area (Å²) in [5.41, 5.74) is 0.453. The van der Waals surface area contributed by atoms with Gasteiger partial charge in [0.25, 0.3) is 0 Å². The Labute approximate surface area is 115 Å². The summed E-state index contributed by atoms with van der Waals surface area (Å²) in [6.07, 6.45) is 1.87. The molecule has 2 rings (SSSR count). The maximum atomic E-state index is 12.2. The summed E-state index contributed by atoms with van der Waals surface area (Å²) >= 11 is 1.44. The molecule has 0 unspecified atom stereocenters. The largest absolute Gasteiger partial charge is 0.396 e. The normalized spacial score (nSPS) is 11.9. The highest BCUT2D eigenvalue weighted by Gasteiger charge is 2.23. The third kappa shape index (κ3) is 3.21. The summed E-state index contributed by atoms with van der Waals surface area (Å²) < 4.78 is 28.3. The first-order valence-corrected chi connectivity index (χ1v) is 8.09. The lowest BCUT2D eigenvalue weighted by Crippen LogP contribution is -2.25. The van der Waals surface area contributed by atoms with Crippen molar-refractivity contribution in [2.24, 2.45) is 7.05 Å². The summed E-state index contributed by atoms with van der Waals surface area (Å²) in [5.74, 6) is 0. The summed E-state index contributed by atoms with van der Waals surface area (Å²) in [6, 6.07) is 3.68. The second-order valence-electron chi connectivity index (χ2n) is 3.97. The zero-order valence-corrected chi connectivity index (χ0v) is 12.0. The topological polar surface area (TPSA) is 84.2 Å². The molecule has 0 aliphatic rings. The highest BCUT2D eigenvalue weighted by molar-refractivity contribution is 7.89. The van der Waals surface area contributed by atoms with Gasteiger partial charge in [-0.05, 0) is 17.9 Å². The maximum Gasteiger partial charge on any atom is 0.244 e. The fourth-order valence-electron chi connectivity index (χ4n) is 1.61. The van der Waals surface area contributed by atoms with E-state index in [0.717, 1.165) is 4.88 Å². The molecule has 2 aromatic heterocycles. The van der Waals surface area contributed by atoms with E-state index >= 15 is 0 Å². The second kappa shape index (κ2) is 5.83. The van der Waals surface area contributed by atoms with Gasteiger partial charge in [0.1, 0.15) is 10.6 Å². The summed E-state index contributed by atoms with van der Waals surface area (Å²) in [4.78, 5) is 0.971. The number of aromatic nitrogens is 2. The van der Waals surface area contributed by atoms with Crippen molar-refractivity contribution < 1.29 is 13.5 Å². The van der Waals surface area contributed by atoms with Crippen molar-refractivity contribution in [1.29, 1.82) is 0 Å². The van der Waals surface area contributed by atoms with Crippen LogP contribution in [0.4, 0.5) is 0 Å². The monoisotopic (exact) mass is 301 g/mol. The van der Waals surface area contributed by atoms with Crippen LogP contribution in [0.15, 0.2) is 28.6 Å². The van der Waals surface area contributed by atoms with Gasteiger partial charge in [0.2, 0.25) is 10.0 Å². The molecule has 0 aliphatic heterocycles. The lowest BCUT2D eigenvalue weighted by atomic mass is 10.3. The van der Waals surface area contributed by atoms with E-state index in [9.17, 15) is 8.42 Å². The Bertz CT molecular complexity index is 632. The van der Waals surface area contributed by atoms with Gasteiger partial charge < -0.3 is 5.11 Å². The third-order valence-corrected chi connectivity index (χ3v) is 4.80. The first kappa shape index (κ1) is 14.2.